The summed E-state index contributed by atoms with van der Waals surface area (Å²) in [4.78, 5) is 0. The Morgan fingerprint density at radius 1 is 1.06 bits per heavy atom. The molecule has 0 spiro atoms. The van der Waals surface area contributed by atoms with E-state index < -0.39 is 0 Å². The Labute approximate surface area is 99.4 Å². The van der Waals surface area contributed by atoms with E-state index in [-0.39, 0.29) is 30.7 Å². The second kappa shape index (κ2) is 3.78. The molecule has 4 nitrogen and oxygen atoms in total. The van der Waals surface area contributed by atoms with Crippen molar-refractivity contribution in [1.29, 1.82) is 0 Å². The van der Waals surface area contributed by atoms with Gasteiger partial charge in [0.05, 0.1) is 13.2 Å². The predicted molar refractivity (Wildman–Crippen MR) is 58.3 cm³/mol. The molecule has 0 aromatic heterocycles. The molecule has 5 atom stereocenters. The summed E-state index contributed by atoms with van der Waals surface area (Å²) in [5, 5.41) is 0. The van der Waals surface area contributed by atoms with Gasteiger partial charge in [-0.3, -0.25) is 0 Å². The molecule has 4 fully saturated rings. The minimum Gasteiger partial charge on any atom is -0.367 e. The molecule has 90 valence electrons. The fraction of sp³-hybridized carbons (Fsp3) is 0.538. The molecule has 5 unspecified atom stereocenters. The summed E-state index contributed by atoms with van der Waals surface area (Å²) < 4.78 is 22.7. The van der Waals surface area contributed by atoms with Crippen molar-refractivity contribution in [3.8, 4) is 0 Å². The van der Waals surface area contributed by atoms with Crippen LogP contribution in [0.3, 0.4) is 0 Å². The van der Waals surface area contributed by atoms with Crippen LogP contribution < -0.4 is 0 Å². The van der Waals surface area contributed by atoms with Crippen LogP contribution in [0.15, 0.2) is 30.3 Å². The topological polar surface area (TPSA) is 40.2 Å². The highest BCUT2D eigenvalue weighted by Crippen LogP contribution is 2.43. The molecular weight excluding hydrogens is 220 g/mol. The molecule has 4 heteroatoms. The zero-order chi connectivity index (χ0) is 11.2. The van der Waals surface area contributed by atoms with Gasteiger partial charge in [0.25, 0.3) is 0 Å². The summed E-state index contributed by atoms with van der Waals surface area (Å²) in [5.74, 6) is 0. The maximum atomic E-state index is 5.79. The van der Waals surface area contributed by atoms with Crippen LogP contribution in [0, 0.1) is 0 Å². The molecule has 4 heterocycles. The number of rotatable bonds is 3. The first-order valence-electron chi connectivity index (χ1n) is 6.00. The third kappa shape index (κ3) is 1.68. The van der Waals surface area contributed by atoms with E-state index in [9.17, 15) is 0 Å². The molecule has 0 radical (unpaired) electrons. The Bertz CT molecular complexity index is 407. The smallest absolute Gasteiger partial charge is 0.187 e. The zero-order valence-electron chi connectivity index (χ0n) is 9.32. The molecule has 0 aliphatic carbocycles. The third-order valence-electron chi connectivity index (χ3n) is 3.54. The van der Waals surface area contributed by atoms with Crippen LogP contribution in [0.25, 0.3) is 0 Å². The molecule has 4 saturated heterocycles. The molecule has 1 aromatic carbocycles. The minimum absolute atomic E-state index is 0.0475. The number of benzene rings is 1. The van der Waals surface area contributed by atoms with Crippen molar-refractivity contribution in [2.24, 2.45) is 0 Å². The van der Waals surface area contributed by atoms with Gasteiger partial charge in [0.2, 0.25) is 0 Å². The van der Waals surface area contributed by atoms with Crippen molar-refractivity contribution in [3.05, 3.63) is 35.9 Å². The van der Waals surface area contributed by atoms with Gasteiger partial charge in [0, 0.05) is 0 Å². The van der Waals surface area contributed by atoms with Crippen molar-refractivity contribution >= 4 is 0 Å². The molecule has 2 bridgehead atoms. The Kier molecular flexibility index (Phi) is 2.23. The van der Waals surface area contributed by atoms with Crippen molar-refractivity contribution in [3.63, 3.8) is 0 Å². The fourth-order valence-electron chi connectivity index (χ4n) is 2.58. The highest BCUT2D eigenvalue weighted by atomic mass is 16.8. The van der Waals surface area contributed by atoms with Crippen LogP contribution in [-0.2, 0) is 25.6 Å². The van der Waals surface area contributed by atoms with E-state index in [0.717, 1.165) is 5.56 Å². The van der Waals surface area contributed by atoms with Gasteiger partial charge in [-0.2, -0.15) is 0 Å². The largest absolute Gasteiger partial charge is 0.367 e. The molecule has 17 heavy (non-hydrogen) atoms. The van der Waals surface area contributed by atoms with Crippen LogP contribution in [0.4, 0.5) is 0 Å². The number of hydrogen-bond acceptors (Lipinski definition) is 4. The Morgan fingerprint density at radius 2 is 1.94 bits per heavy atom. The van der Waals surface area contributed by atoms with E-state index in [0.29, 0.717) is 13.2 Å². The first-order chi connectivity index (χ1) is 8.42. The standard InChI is InChI=1S/C13H14O4/c1-2-4-8(5-3-1)6-15-13-12-11-10(17-11)9(16-13)7-14-12/h1-5,9-13H,6-7H2. The SMILES string of the molecule is c1ccc(COC2OC3COC2C2OC32)cc1. The maximum absolute atomic E-state index is 5.79. The van der Waals surface area contributed by atoms with Gasteiger partial charge in [-0.25, -0.2) is 0 Å². The quantitative estimate of drug-likeness (QED) is 0.734. The van der Waals surface area contributed by atoms with E-state index in [1.54, 1.807) is 0 Å². The van der Waals surface area contributed by atoms with Gasteiger partial charge in [-0.15, -0.1) is 0 Å². The molecule has 0 saturated carbocycles. The van der Waals surface area contributed by atoms with Gasteiger partial charge < -0.3 is 18.9 Å². The molecular formula is C13H14O4. The second-order valence-corrected chi connectivity index (χ2v) is 4.70. The second-order valence-electron chi connectivity index (χ2n) is 4.70. The Balaban J connectivity index is 1.41. The summed E-state index contributed by atoms with van der Waals surface area (Å²) in [6.07, 6.45) is 0.186. The van der Waals surface area contributed by atoms with Gasteiger partial charge in [0.1, 0.15) is 24.4 Å². The van der Waals surface area contributed by atoms with Crippen LogP contribution in [0.5, 0.6) is 0 Å². The molecule has 5 rings (SSSR count). The number of ether oxygens (including phenoxy) is 4. The average Bonchev–Trinajstić information content (AvgIpc) is 3.20. The van der Waals surface area contributed by atoms with Crippen LogP contribution >= 0.6 is 0 Å². The summed E-state index contributed by atoms with van der Waals surface area (Å²) in [6, 6.07) is 10.1. The van der Waals surface area contributed by atoms with Crippen molar-refractivity contribution in [2.45, 2.75) is 37.3 Å². The molecule has 4 aliphatic heterocycles. The molecule has 0 N–H and O–H groups in total. The summed E-state index contributed by atoms with van der Waals surface area (Å²) >= 11 is 0. The summed E-state index contributed by atoms with van der Waals surface area (Å²) in [5.41, 5.74) is 1.14. The lowest BCUT2D eigenvalue weighted by Crippen LogP contribution is -2.55. The number of epoxide rings is 1. The number of hydrogen-bond donors (Lipinski definition) is 0. The summed E-state index contributed by atoms with van der Waals surface area (Å²) in [7, 11) is 0. The maximum Gasteiger partial charge on any atom is 0.187 e. The van der Waals surface area contributed by atoms with E-state index in [1.807, 2.05) is 30.3 Å². The molecule has 1 aromatic rings. The summed E-state index contributed by atoms with van der Waals surface area (Å²) in [6.45, 7) is 1.19. The van der Waals surface area contributed by atoms with Crippen LogP contribution in [-0.4, -0.2) is 37.3 Å². The van der Waals surface area contributed by atoms with Crippen molar-refractivity contribution < 1.29 is 18.9 Å². The van der Waals surface area contributed by atoms with Gasteiger partial charge in [0.15, 0.2) is 6.29 Å². The third-order valence-corrected chi connectivity index (χ3v) is 3.54. The van der Waals surface area contributed by atoms with Crippen molar-refractivity contribution in [1.82, 2.24) is 0 Å². The van der Waals surface area contributed by atoms with Crippen LogP contribution in [0.1, 0.15) is 5.56 Å². The average molecular weight is 234 g/mol. The van der Waals surface area contributed by atoms with Crippen molar-refractivity contribution in [2.75, 3.05) is 6.61 Å². The Hall–Kier alpha value is -0.940. The normalized spacial score (nSPS) is 42.2. The van der Waals surface area contributed by atoms with E-state index in [1.165, 1.54) is 0 Å². The van der Waals surface area contributed by atoms with Gasteiger partial charge in [-0.1, -0.05) is 30.3 Å². The van der Waals surface area contributed by atoms with E-state index in [2.05, 4.69) is 0 Å². The monoisotopic (exact) mass is 234 g/mol. The minimum atomic E-state index is -0.280. The fourth-order valence-corrected chi connectivity index (χ4v) is 2.58. The Morgan fingerprint density at radius 3 is 2.76 bits per heavy atom. The number of fused-ring (bicyclic) bond motifs is 2. The van der Waals surface area contributed by atoms with E-state index >= 15 is 0 Å². The lowest BCUT2D eigenvalue weighted by Gasteiger charge is -2.38. The van der Waals surface area contributed by atoms with E-state index in [4.69, 9.17) is 18.9 Å². The van der Waals surface area contributed by atoms with Crippen LogP contribution in [0.2, 0.25) is 0 Å². The highest BCUT2D eigenvalue weighted by molar-refractivity contribution is 5.13. The lowest BCUT2D eigenvalue weighted by molar-refractivity contribution is -0.294. The zero-order valence-corrected chi connectivity index (χ0v) is 9.32. The first kappa shape index (κ1) is 10.0. The van der Waals surface area contributed by atoms with Gasteiger partial charge >= 0.3 is 0 Å². The first-order valence-corrected chi connectivity index (χ1v) is 6.00. The molecule has 4 aliphatic rings. The molecule has 0 amide bonds. The highest BCUT2D eigenvalue weighted by Gasteiger charge is 2.62. The predicted octanol–water partition coefficient (Wildman–Crippen LogP) is 1.09. The van der Waals surface area contributed by atoms with Gasteiger partial charge in [-0.05, 0) is 5.56 Å². The lowest BCUT2D eigenvalue weighted by atomic mass is 10.0.